The zero-order valence-electron chi connectivity index (χ0n) is 12.0. The Morgan fingerprint density at radius 2 is 2.14 bits per heavy atom. The summed E-state index contributed by atoms with van der Waals surface area (Å²) in [5, 5.41) is 13.7. The van der Waals surface area contributed by atoms with Gasteiger partial charge in [0.25, 0.3) is 0 Å². The summed E-state index contributed by atoms with van der Waals surface area (Å²) in [5.74, 6) is -1.47. The number of nitro benzene ring substituents is 1. The van der Waals surface area contributed by atoms with Crippen molar-refractivity contribution in [2.24, 2.45) is 0 Å². The lowest BCUT2D eigenvalue weighted by molar-refractivity contribution is -0.385. The van der Waals surface area contributed by atoms with Crippen molar-refractivity contribution in [2.75, 3.05) is 13.7 Å². The lowest BCUT2D eigenvalue weighted by Gasteiger charge is -2.19. The first-order valence-corrected chi connectivity index (χ1v) is 6.25. The topological polar surface area (TPSA) is 90.7 Å². The highest BCUT2D eigenvalue weighted by atomic mass is 19.1. The SMILES string of the molecule is COC(=O)C(COc1cc(F)ccc1[N+](=O)[O-])NC(C)C. The van der Waals surface area contributed by atoms with Crippen molar-refractivity contribution < 1.29 is 23.6 Å². The van der Waals surface area contributed by atoms with Gasteiger partial charge in [-0.25, -0.2) is 4.39 Å². The molecule has 0 heterocycles. The molecule has 1 aromatic carbocycles. The predicted octanol–water partition coefficient (Wildman–Crippen LogP) is 1.65. The van der Waals surface area contributed by atoms with Crippen molar-refractivity contribution in [2.45, 2.75) is 25.9 Å². The van der Waals surface area contributed by atoms with Gasteiger partial charge in [-0.15, -0.1) is 0 Å². The maximum absolute atomic E-state index is 13.2. The molecule has 0 aromatic heterocycles. The Morgan fingerprint density at radius 1 is 1.48 bits per heavy atom. The summed E-state index contributed by atoms with van der Waals surface area (Å²) in [6.07, 6.45) is 0. The van der Waals surface area contributed by atoms with E-state index >= 15 is 0 Å². The van der Waals surface area contributed by atoms with Crippen LogP contribution in [-0.2, 0) is 9.53 Å². The largest absolute Gasteiger partial charge is 0.484 e. The lowest BCUT2D eigenvalue weighted by Crippen LogP contribution is -2.45. The summed E-state index contributed by atoms with van der Waals surface area (Å²) in [4.78, 5) is 21.7. The molecule has 8 heteroatoms. The molecule has 0 bridgehead atoms. The van der Waals surface area contributed by atoms with Crippen molar-refractivity contribution in [3.63, 3.8) is 0 Å². The van der Waals surface area contributed by atoms with Crippen LogP contribution in [0.1, 0.15) is 13.8 Å². The first-order valence-electron chi connectivity index (χ1n) is 6.25. The van der Waals surface area contributed by atoms with Crippen LogP contribution in [0.25, 0.3) is 0 Å². The summed E-state index contributed by atoms with van der Waals surface area (Å²) in [7, 11) is 1.22. The second-order valence-electron chi connectivity index (χ2n) is 4.58. The van der Waals surface area contributed by atoms with E-state index in [1.165, 1.54) is 7.11 Å². The van der Waals surface area contributed by atoms with E-state index in [0.717, 1.165) is 18.2 Å². The number of carbonyl (C=O) groups is 1. The van der Waals surface area contributed by atoms with E-state index in [2.05, 4.69) is 10.1 Å². The van der Waals surface area contributed by atoms with Gasteiger partial charge in [0.15, 0.2) is 5.75 Å². The second kappa shape index (κ2) is 7.53. The molecule has 0 aliphatic rings. The minimum absolute atomic E-state index is 0.0276. The standard InChI is InChI=1S/C13H17FN2O5/c1-8(2)15-10(13(17)20-3)7-21-12-6-9(14)4-5-11(12)16(18)19/h4-6,8,10,15H,7H2,1-3H3. The third-order valence-corrected chi connectivity index (χ3v) is 2.54. The number of nitro groups is 1. The molecule has 21 heavy (non-hydrogen) atoms. The van der Waals surface area contributed by atoms with Crippen molar-refractivity contribution in [3.05, 3.63) is 34.1 Å². The Bertz CT molecular complexity index is 521. The second-order valence-corrected chi connectivity index (χ2v) is 4.58. The van der Waals surface area contributed by atoms with E-state index in [1.807, 2.05) is 13.8 Å². The average Bonchev–Trinajstić information content (AvgIpc) is 2.41. The van der Waals surface area contributed by atoms with Crippen molar-refractivity contribution in [1.29, 1.82) is 0 Å². The Balaban J connectivity index is 2.86. The summed E-state index contributed by atoms with van der Waals surface area (Å²) in [6, 6.07) is 2.04. The fraction of sp³-hybridized carbons (Fsp3) is 0.462. The number of methoxy groups -OCH3 is 1. The van der Waals surface area contributed by atoms with Gasteiger partial charge in [-0.1, -0.05) is 13.8 Å². The summed E-state index contributed by atoms with van der Waals surface area (Å²) >= 11 is 0. The van der Waals surface area contributed by atoms with Gasteiger partial charge in [0.2, 0.25) is 0 Å². The summed E-state index contributed by atoms with van der Waals surface area (Å²) in [6.45, 7) is 3.43. The number of benzene rings is 1. The lowest BCUT2D eigenvalue weighted by atomic mass is 10.2. The Labute approximate surface area is 121 Å². The molecule has 0 aliphatic heterocycles. The van der Waals surface area contributed by atoms with Crippen LogP contribution < -0.4 is 10.1 Å². The summed E-state index contributed by atoms with van der Waals surface area (Å²) < 4.78 is 23.0. The molecular formula is C13H17FN2O5. The van der Waals surface area contributed by atoms with Crippen LogP contribution in [0.15, 0.2) is 18.2 Å². The smallest absolute Gasteiger partial charge is 0.326 e. The third kappa shape index (κ3) is 4.99. The monoisotopic (exact) mass is 300 g/mol. The number of hydrogen-bond donors (Lipinski definition) is 1. The molecule has 7 nitrogen and oxygen atoms in total. The van der Waals surface area contributed by atoms with Gasteiger partial charge < -0.3 is 9.47 Å². The van der Waals surface area contributed by atoms with Crippen LogP contribution in [-0.4, -0.2) is 36.7 Å². The highest BCUT2D eigenvalue weighted by Gasteiger charge is 2.23. The fourth-order valence-corrected chi connectivity index (χ4v) is 1.66. The van der Waals surface area contributed by atoms with E-state index < -0.39 is 22.8 Å². The molecule has 0 saturated carbocycles. The van der Waals surface area contributed by atoms with Gasteiger partial charge >= 0.3 is 11.7 Å². The molecule has 1 rings (SSSR count). The number of rotatable bonds is 7. The van der Waals surface area contributed by atoms with Crippen LogP contribution in [0.4, 0.5) is 10.1 Å². The van der Waals surface area contributed by atoms with Crippen LogP contribution in [0, 0.1) is 15.9 Å². The number of hydrogen-bond acceptors (Lipinski definition) is 6. The molecule has 0 spiro atoms. The van der Waals surface area contributed by atoms with Crippen LogP contribution in [0.2, 0.25) is 0 Å². The van der Waals surface area contributed by atoms with Gasteiger partial charge in [-0.05, 0) is 6.07 Å². The Kier molecular flexibility index (Phi) is 6.04. The number of esters is 1. The average molecular weight is 300 g/mol. The molecule has 0 saturated heterocycles. The Morgan fingerprint density at radius 3 is 2.67 bits per heavy atom. The van der Waals surface area contributed by atoms with E-state index in [4.69, 9.17) is 4.74 Å². The third-order valence-electron chi connectivity index (χ3n) is 2.54. The van der Waals surface area contributed by atoms with Crippen molar-refractivity contribution >= 4 is 11.7 Å². The minimum Gasteiger partial charge on any atom is -0.484 e. The maximum atomic E-state index is 13.2. The van der Waals surface area contributed by atoms with Gasteiger partial charge in [0, 0.05) is 18.2 Å². The number of nitrogens with zero attached hydrogens (tertiary/aromatic N) is 1. The number of ether oxygens (including phenoxy) is 2. The first kappa shape index (κ1) is 16.8. The van der Waals surface area contributed by atoms with Crippen LogP contribution in [0.5, 0.6) is 5.75 Å². The van der Waals surface area contributed by atoms with Gasteiger partial charge in [0.1, 0.15) is 18.5 Å². The molecule has 1 N–H and O–H groups in total. The number of halogens is 1. The number of nitrogens with one attached hydrogen (secondary N) is 1. The highest BCUT2D eigenvalue weighted by molar-refractivity contribution is 5.75. The van der Waals surface area contributed by atoms with Crippen molar-refractivity contribution in [3.8, 4) is 5.75 Å². The van der Waals surface area contributed by atoms with Crippen LogP contribution >= 0.6 is 0 Å². The van der Waals surface area contributed by atoms with Crippen molar-refractivity contribution in [1.82, 2.24) is 5.32 Å². The summed E-state index contributed by atoms with van der Waals surface area (Å²) in [5.41, 5.74) is -0.371. The normalized spacial score (nSPS) is 12.0. The molecule has 0 amide bonds. The predicted molar refractivity (Wildman–Crippen MR) is 72.6 cm³/mol. The molecule has 0 fully saturated rings. The Hall–Kier alpha value is -2.22. The zero-order valence-corrected chi connectivity index (χ0v) is 12.0. The quantitative estimate of drug-likeness (QED) is 0.468. The number of carbonyl (C=O) groups excluding carboxylic acids is 1. The van der Waals surface area contributed by atoms with E-state index in [9.17, 15) is 19.3 Å². The van der Waals surface area contributed by atoms with Gasteiger partial charge in [0.05, 0.1) is 12.0 Å². The maximum Gasteiger partial charge on any atom is 0.326 e. The van der Waals surface area contributed by atoms with Crippen LogP contribution in [0.3, 0.4) is 0 Å². The highest BCUT2D eigenvalue weighted by Crippen LogP contribution is 2.27. The molecule has 116 valence electrons. The molecule has 1 atom stereocenters. The molecule has 1 unspecified atom stereocenters. The first-order chi connectivity index (χ1) is 9.85. The zero-order chi connectivity index (χ0) is 16.0. The molecular weight excluding hydrogens is 283 g/mol. The minimum atomic E-state index is -0.808. The van der Waals surface area contributed by atoms with Gasteiger partial charge in [-0.3, -0.25) is 20.2 Å². The molecule has 0 radical (unpaired) electrons. The van der Waals surface area contributed by atoms with E-state index in [-0.39, 0.29) is 24.1 Å². The van der Waals surface area contributed by atoms with Gasteiger partial charge in [-0.2, -0.15) is 0 Å². The van der Waals surface area contributed by atoms with E-state index in [0.29, 0.717) is 0 Å². The molecule has 0 aliphatic carbocycles. The molecule has 1 aromatic rings. The fourth-order valence-electron chi connectivity index (χ4n) is 1.66. The van der Waals surface area contributed by atoms with E-state index in [1.54, 1.807) is 0 Å².